The van der Waals surface area contributed by atoms with Crippen molar-refractivity contribution in [2.75, 3.05) is 5.32 Å². The van der Waals surface area contributed by atoms with E-state index in [0.717, 1.165) is 5.56 Å². The van der Waals surface area contributed by atoms with Crippen LogP contribution in [0.2, 0.25) is 10.0 Å². The van der Waals surface area contributed by atoms with Crippen molar-refractivity contribution in [1.82, 2.24) is 0 Å². The topological polar surface area (TPSA) is 38.3 Å². The smallest absolute Gasteiger partial charge is 0.265 e. The van der Waals surface area contributed by atoms with Gasteiger partial charge in [0, 0.05) is 15.7 Å². The van der Waals surface area contributed by atoms with Gasteiger partial charge in [-0.15, -0.1) is 0 Å². The van der Waals surface area contributed by atoms with Gasteiger partial charge in [0.15, 0.2) is 6.10 Å². The number of ether oxygens (including phenoxy) is 1. The van der Waals surface area contributed by atoms with Gasteiger partial charge in [0.1, 0.15) is 5.75 Å². The fourth-order valence-electron chi connectivity index (χ4n) is 2.12. The average Bonchev–Trinajstić information content (AvgIpc) is 2.47. The Morgan fingerprint density at radius 1 is 1.09 bits per heavy atom. The molecule has 0 aliphatic rings. The zero-order valence-corrected chi connectivity index (χ0v) is 14.8. The second-order valence-corrected chi connectivity index (χ2v) is 6.28. The van der Waals surface area contributed by atoms with Crippen LogP contribution in [0.15, 0.2) is 36.4 Å². The number of halogens is 2. The third kappa shape index (κ3) is 4.88. The first-order valence-electron chi connectivity index (χ1n) is 7.40. The zero-order valence-electron chi connectivity index (χ0n) is 13.3. The third-order valence-corrected chi connectivity index (χ3v) is 3.99. The Bertz CT molecular complexity index is 696. The molecule has 1 amide bonds. The summed E-state index contributed by atoms with van der Waals surface area (Å²) in [6, 6.07) is 10.7. The highest BCUT2D eigenvalue weighted by Gasteiger charge is 2.19. The van der Waals surface area contributed by atoms with Gasteiger partial charge in [-0.05, 0) is 61.7 Å². The molecule has 0 radical (unpaired) electrons. The van der Waals surface area contributed by atoms with E-state index in [2.05, 4.69) is 5.32 Å². The average molecular weight is 352 g/mol. The lowest BCUT2D eigenvalue weighted by Crippen LogP contribution is -2.32. The monoisotopic (exact) mass is 351 g/mol. The van der Waals surface area contributed by atoms with Gasteiger partial charge in [-0.25, -0.2) is 0 Å². The highest BCUT2D eigenvalue weighted by Crippen LogP contribution is 2.23. The van der Waals surface area contributed by atoms with Crippen LogP contribution in [0.3, 0.4) is 0 Å². The van der Waals surface area contributed by atoms with E-state index in [1.165, 1.54) is 5.56 Å². The van der Waals surface area contributed by atoms with E-state index in [0.29, 0.717) is 27.9 Å². The number of anilines is 1. The van der Waals surface area contributed by atoms with Crippen LogP contribution in [0, 0.1) is 13.8 Å². The Labute approximate surface area is 146 Å². The number of carbonyl (C=O) groups is 1. The summed E-state index contributed by atoms with van der Waals surface area (Å²) in [6.07, 6.45) is -0.0394. The van der Waals surface area contributed by atoms with Crippen molar-refractivity contribution in [1.29, 1.82) is 0 Å². The van der Waals surface area contributed by atoms with Gasteiger partial charge < -0.3 is 10.1 Å². The number of aryl methyl sites for hydroxylation is 2. The summed E-state index contributed by atoms with van der Waals surface area (Å²) in [4.78, 5) is 12.4. The van der Waals surface area contributed by atoms with E-state index in [9.17, 15) is 4.79 Å². The van der Waals surface area contributed by atoms with Gasteiger partial charge in [-0.1, -0.05) is 36.2 Å². The van der Waals surface area contributed by atoms with Crippen molar-refractivity contribution in [3.63, 3.8) is 0 Å². The normalized spacial score (nSPS) is 11.9. The lowest BCUT2D eigenvalue weighted by atomic mass is 10.1. The maximum Gasteiger partial charge on any atom is 0.265 e. The van der Waals surface area contributed by atoms with E-state index in [1.54, 1.807) is 18.2 Å². The quantitative estimate of drug-likeness (QED) is 0.782. The Hall–Kier alpha value is -1.71. The predicted octanol–water partition coefficient (Wildman–Crippen LogP) is 5.41. The van der Waals surface area contributed by atoms with Gasteiger partial charge in [-0.2, -0.15) is 0 Å². The summed E-state index contributed by atoms with van der Waals surface area (Å²) in [5.41, 5.74) is 2.86. The maximum atomic E-state index is 12.4. The van der Waals surface area contributed by atoms with Crippen molar-refractivity contribution in [3.8, 4) is 5.75 Å². The molecule has 0 aliphatic heterocycles. The fourth-order valence-corrected chi connectivity index (χ4v) is 2.65. The van der Waals surface area contributed by atoms with Crippen LogP contribution < -0.4 is 10.1 Å². The van der Waals surface area contributed by atoms with Crippen molar-refractivity contribution in [3.05, 3.63) is 57.6 Å². The number of amides is 1. The number of benzene rings is 2. The van der Waals surface area contributed by atoms with Gasteiger partial charge in [0.25, 0.3) is 5.91 Å². The molecule has 0 spiro atoms. The summed E-state index contributed by atoms with van der Waals surface area (Å²) in [7, 11) is 0. The standard InChI is InChI=1S/C18H19Cl2NO2/c1-4-17(23-16-6-5-11(2)12(3)7-16)18(22)21-15-9-13(19)8-14(20)10-15/h5-10,17H,4H2,1-3H3,(H,21,22)/t17-/m0/s1. The molecule has 0 saturated carbocycles. The fraction of sp³-hybridized carbons (Fsp3) is 0.278. The molecule has 0 aliphatic carbocycles. The van der Waals surface area contributed by atoms with Crippen molar-refractivity contribution < 1.29 is 9.53 Å². The SMILES string of the molecule is CC[C@H](Oc1ccc(C)c(C)c1)C(=O)Nc1cc(Cl)cc(Cl)c1. The van der Waals surface area contributed by atoms with Crippen LogP contribution in [0.5, 0.6) is 5.75 Å². The summed E-state index contributed by atoms with van der Waals surface area (Å²) < 4.78 is 5.82. The summed E-state index contributed by atoms with van der Waals surface area (Å²) in [5, 5.41) is 3.72. The maximum absolute atomic E-state index is 12.4. The van der Waals surface area contributed by atoms with Gasteiger partial charge in [-0.3, -0.25) is 4.79 Å². The molecule has 2 aromatic carbocycles. The zero-order chi connectivity index (χ0) is 17.0. The van der Waals surface area contributed by atoms with Gasteiger partial charge in [0.05, 0.1) is 0 Å². The number of hydrogen-bond acceptors (Lipinski definition) is 2. The second-order valence-electron chi connectivity index (χ2n) is 5.41. The van der Waals surface area contributed by atoms with Gasteiger partial charge in [0.2, 0.25) is 0 Å². The van der Waals surface area contributed by atoms with Crippen LogP contribution in [0.1, 0.15) is 24.5 Å². The molecule has 0 bridgehead atoms. The highest BCUT2D eigenvalue weighted by atomic mass is 35.5. The summed E-state index contributed by atoms with van der Waals surface area (Å²) >= 11 is 11.9. The summed E-state index contributed by atoms with van der Waals surface area (Å²) in [6.45, 7) is 5.94. The van der Waals surface area contributed by atoms with Crippen molar-refractivity contribution in [2.45, 2.75) is 33.3 Å². The van der Waals surface area contributed by atoms with E-state index in [-0.39, 0.29) is 5.91 Å². The molecule has 1 N–H and O–H groups in total. The molecule has 2 rings (SSSR count). The molecule has 1 atom stereocenters. The first-order chi connectivity index (χ1) is 10.9. The molecule has 23 heavy (non-hydrogen) atoms. The molecule has 3 nitrogen and oxygen atoms in total. The first-order valence-corrected chi connectivity index (χ1v) is 8.15. The minimum Gasteiger partial charge on any atom is -0.481 e. The van der Waals surface area contributed by atoms with Crippen LogP contribution in [0.25, 0.3) is 0 Å². The molecular weight excluding hydrogens is 333 g/mol. The summed E-state index contributed by atoms with van der Waals surface area (Å²) in [5.74, 6) is 0.447. The third-order valence-electron chi connectivity index (χ3n) is 3.55. The molecule has 2 aromatic rings. The molecule has 0 fully saturated rings. The number of hydrogen-bond donors (Lipinski definition) is 1. The van der Waals surface area contributed by atoms with Crippen LogP contribution >= 0.6 is 23.2 Å². The van der Waals surface area contributed by atoms with E-state index >= 15 is 0 Å². The van der Waals surface area contributed by atoms with Crippen LogP contribution in [-0.4, -0.2) is 12.0 Å². The van der Waals surface area contributed by atoms with E-state index in [1.807, 2.05) is 39.0 Å². The van der Waals surface area contributed by atoms with Gasteiger partial charge >= 0.3 is 0 Å². The lowest BCUT2D eigenvalue weighted by Gasteiger charge is -2.18. The minimum atomic E-state index is -0.588. The minimum absolute atomic E-state index is 0.232. The van der Waals surface area contributed by atoms with E-state index < -0.39 is 6.10 Å². The Morgan fingerprint density at radius 3 is 2.30 bits per heavy atom. The molecule has 0 unspecified atom stereocenters. The molecule has 0 heterocycles. The lowest BCUT2D eigenvalue weighted by molar-refractivity contribution is -0.122. The largest absolute Gasteiger partial charge is 0.481 e. The molecule has 0 aromatic heterocycles. The predicted molar refractivity (Wildman–Crippen MR) is 95.7 cm³/mol. The number of carbonyl (C=O) groups excluding carboxylic acids is 1. The van der Waals surface area contributed by atoms with Crippen LogP contribution in [0.4, 0.5) is 5.69 Å². The molecular formula is C18H19Cl2NO2. The Morgan fingerprint density at radius 2 is 1.74 bits per heavy atom. The highest BCUT2D eigenvalue weighted by molar-refractivity contribution is 6.35. The molecule has 0 saturated heterocycles. The molecule has 5 heteroatoms. The number of rotatable bonds is 5. The van der Waals surface area contributed by atoms with Crippen molar-refractivity contribution in [2.24, 2.45) is 0 Å². The first kappa shape index (κ1) is 17.6. The van der Waals surface area contributed by atoms with E-state index in [4.69, 9.17) is 27.9 Å². The molecule has 122 valence electrons. The Kier molecular flexibility index (Phi) is 5.91. The Balaban J connectivity index is 2.10. The van der Waals surface area contributed by atoms with Crippen LogP contribution in [-0.2, 0) is 4.79 Å². The second kappa shape index (κ2) is 7.71. The number of nitrogens with one attached hydrogen (secondary N) is 1. The van der Waals surface area contributed by atoms with Crippen molar-refractivity contribution >= 4 is 34.8 Å².